The number of aryl methyl sites for hydroxylation is 1. The standard InChI is InChI=1S/C14H12INO2/c1-9-2-3-13(16-8-9)6-10-4-11(14(17)18)7-12(15)5-10/h2-5,7-8H,6H2,1H3,(H,17,18). The molecule has 92 valence electrons. The van der Waals surface area contributed by atoms with E-state index in [9.17, 15) is 4.79 Å². The van der Waals surface area contributed by atoms with Crippen molar-refractivity contribution in [1.29, 1.82) is 0 Å². The first-order valence-corrected chi connectivity index (χ1v) is 6.57. The van der Waals surface area contributed by atoms with Crippen LogP contribution in [-0.4, -0.2) is 16.1 Å². The Balaban J connectivity index is 2.28. The van der Waals surface area contributed by atoms with Gasteiger partial charge in [-0.3, -0.25) is 4.98 Å². The summed E-state index contributed by atoms with van der Waals surface area (Å²) in [6.45, 7) is 1.99. The van der Waals surface area contributed by atoms with Crippen LogP contribution in [0.5, 0.6) is 0 Å². The van der Waals surface area contributed by atoms with Crippen molar-refractivity contribution in [2.45, 2.75) is 13.3 Å². The van der Waals surface area contributed by atoms with Gasteiger partial charge in [0.05, 0.1) is 5.56 Å². The minimum atomic E-state index is -0.897. The van der Waals surface area contributed by atoms with Gasteiger partial charge in [0.1, 0.15) is 0 Å². The molecule has 0 amide bonds. The molecule has 0 atom stereocenters. The van der Waals surface area contributed by atoms with Crippen molar-refractivity contribution in [3.8, 4) is 0 Å². The zero-order valence-corrected chi connectivity index (χ0v) is 12.0. The van der Waals surface area contributed by atoms with Gasteiger partial charge in [-0.25, -0.2) is 4.79 Å². The number of carboxylic acids is 1. The highest BCUT2D eigenvalue weighted by molar-refractivity contribution is 14.1. The minimum absolute atomic E-state index is 0.323. The molecule has 2 aromatic rings. The number of hydrogen-bond acceptors (Lipinski definition) is 2. The average molecular weight is 353 g/mol. The number of benzene rings is 1. The average Bonchev–Trinajstić information content (AvgIpc) is 2.31. The molecule has 0 fully saturated rings. The molecule has 0 radical (unpaired) electrons. The van der Waals surface area contributed by atoms with Gasteiger partial charge in [-0.15, -0.1) is 0 Å². The Hall–Kier alpha value is -1.43. The zero-order valence-electron chi connectivity index (χ0n) is 9.85. The van der Waals surface area contributed by atoms with Crippen LogP contribution in [0, 0.1) is 10.5 Å². The maximum Gasteiger partial charge on any atom is 0.335 e. The van der Waals surface area contributed by atoms with Gasteiger partial charge in [0.15, 0.2) is 0 Å². The fourth-order valence-electron chi connectivity index (χ4n) is 1.69. The summed E-state index contributed by atoms with van der Waals surface area (Å²) < 4.78 is 0.926. The number of nitrogens with zero attached hydrogens (tertiary/aromatic N) is 1. The Labute approximate surface area is 119 Å². The molecular weight excluding hydrogens is 341 g/mol. The molecule has 0 bridgehead atoms. The largest absolute Gasteiger partial charge is 0.478 e. The Bertz CT molecular complexity index is 579. The third-order valence-corrected chi connectivity index (χ3v) is 3.19. The molecule has 4 heteroatoms. The van der Waals surface area contributed by atoms with Crippen LogP contribution in [-0.2, 0) is 6.42 Å². The number of aromatic nitrogens is 1. The topological polar surface area (TPSA) is 50.2 Å². The summed E-state index contributed by atoms with van der Waals surface area (Å²) in [5.74, 6) is -0.897. The van der Waals surface area contributed by atoms with E-state index in [4.69, 9.17) is 5.11 Å². The first kappa shape index (κ1) is 13.0. The summed E-state index contributed by atoms with van der Waals surface area (Å²) >= 11 is 2.13. The van der Waals surface area contributed by atoms with Gasteiger partial charge >= 0.3 is 5.97 Å². The fraction of sp³-hybridized carbons (Fsp3) is 0.143. The van der Waals surface area contributed by atoms with Gasteiger partial charge < -0.3 is 5.11 Å². The van der Waals surface area contributed by atoms with Crippen molar-refractivity contribution in [1.82, 2.24) is 4.98 Å². The zero-order chi connectivity index (χ0) is 13.1. The second kappa shape index (κ2) is 5.48. The molecule has 0 saturated carbocycles. The van der Waals surface area contributed by atoms with Gasteiger partial charge in [0.2, 0.25) is 0 Å². The van der Waals surface area contributed by atoms with Crippen molar-refractivity contribution in [2.75, 3.05) is 0 Å². The van der Waals surface area contributed by atoms with Crippen LogP contribution in [0.2, 0.25) is 0 Å². The van der Waals surface area contributed by atoms with Crippen LogP contribution in [0.15, 0.2) is 36.5 Å². The van der Waals surface area contributed by atoms with Gasteiger partial charge in [0.25, 0.3) is 0 Å². The molecule has 1 N–H and O–H groups in total. The molecule has 0 aliphatic carbocycles. The summed E-state index contributed by atoms with van der Waals surface area (Å²) in [5, 5.41) is 9.02. The number of pyridine rings is 1. The second-order valence-electron chi connectivity index (χ2n) is 4.16. The number of aromatic carboxylic acids is 1. The van der Waals surface area contributed by atoms with Crippen molar-refractivity contribution < 1.29 is 9.90 Å². The van der Waals surface area contributed by atoms with Crippen LogP contribution >= 0.6 is 22.6 Å². The number of halogens is 1. The number of carbonyl (C=O) groups is 1. The van der Waals surface area contributed by atoms with Crippen molar-refractivity contribution in [3.63, 3.8) is 0 Å². The van der Waals surface area contributed by atoms with E-state index in [1.807, 2.05) is 31.3 Å². The lowest BCUT2D eigenvalue weighted by molar-refractivity contribution is 0.0696. The molecule has 0 aliphatic rings. The molecule has 3 nitrogen and oxygen atoms in total. The summed E-state index contributed by atoms with van der Waals surface area (Å²) in [4.78, 5) is 15.3. The van der Waals surface area contributed by atoms with Crippen LogP contribution in [0.4, 0.5) is 0 Å². The van der Waals surface area contributed by atoms with Crippen LogP contribution in [0.3, 0.4) is 0 Å². The highest BCUT2D eigenvalue weighted by Crippen LogP contribution is 2.15. The van der Waals surface area contributed by atoms with E-state index >= 15 is 0 Å². The van der Waals surface area contributed by atoms with E-state index in [-0.39, 0.29) is 0 Å². The van der Waals surface area contributed by atoms with Gasteiger partial charge in [-0.2, -0.15) is 0 Å². The van der Waals surface area contributed by atoms with E-state index in [1.165, 1.54) is 0 Å². The van der Waals surface area contributed by atoms with Crippen molar-refractivity contribution >= 4 is 28.6 Å². The summed E-state index contributed by atoms with van der Waals surface area (Å²) in [7, 11) is 0. The summed E-state index contributed by atoms with van der Waals surface area (Å²) in [5.41, 5.74) is 3.35. The van der Waals surface area contributed by atoms with Crippen LogP contribution in [0.25, 0.3) is 0 Å². The highest BCUT2D eigenvalue weighted by atomic mass is 127. The van der Waals surface area contributed by atoms with E-state index in [0.29, 0.717) is 12.0 Å². The number of rotatable bonds is 3. The molecule has 1 heterocycles. The van der Waals surface area contributed by atoms with Crippen LogP contribution in [0.1, 0.15) is 27.2 Å². The Morgan fingerprint density at radius 3 is 2.72 bits per heavy atom. The van der Waals surface area contributed by atoms with Gasteiger partial charge in [0, 0.05) is 21.9 Å². The molecule has 0 spiro atoms. The monoisotopic (exact) mass is 353 g/mol. The van der Waals surface area contributed by atoms with Gasteiger partial charge in [-0.1, -0.05) is 6.07 Å². The first-order chi connectivity index (χ1) is 8.54. The molecule has 18 heavy (non-hydrogen) atoms. The van der Waals surface area contributed by atoms with E-state index in [1.54, 1.807) is 12.1 Å². The Morgan fingerprint density at radius 1 is 1.33 bits per heavy atom. The van der Waals surface area contributed by atoms with Crippen molar-refractivity contribution in [3.05, 3.63) is 62.5 Å². The first-order valence-electron chi connectivity index (χ1n) is 5.49. The Morgan fingerprint density at radius 2 is 2.11 bits per heavy atom. The predicted octanol–water partition coefficient (Wildman–Crippen LogP) is 3.28. The molecule has 0 unspecified atom stereocenters. The normalized spacial score (nSPS) is 10.3. The van der Waals surface area contributed by atoms with E-state index in [0.717, 1.165) is 20.4 Å². The third-order valence-electron chi connectivity index (χ3n) is 2.56. The van der Waals surface area contributed by atoms with E-state index in [2.05, 4.69) is 27.6 Å². The number of carboxylic acid groups (broad SMARTS) is 1. The van der Waals surface area contributed by atoms with Crippen LogP contribution < -0.4 is 0 Å². The third kappa shape index (κ3) is 3.29. The van der Waals surface area contributed by atoms with E-state index < -0.39 is 5.97 Å². The molecule has 1 aromatic heterocycles. The summed E-state index contributed by atoms with van der Waals surface area (Å²) in [6, 6.07) is 9.32. The quantitative estimate of drug-likeness (QED) is 0.862. The number of hydrogen-bond donors (Lipinski definition) is 1. The lowest BCUT2D eigenvalue weighted by atomic mass is 10.1. The highest BCUT2D eigenvalue weighted by Gasteiger charge is 2.07. The molecule has 2 rings (SSSR count). The molecule has 1 aromatic carbocycles. The second-order valence-corrected chi connectivity index (χ2v) is 5.40. The minimum Gasteiger partial charge on any atom is -0.478 e. The lowest BCUT2D eigenvalue weighted by Crippen LogP contribution is -2.00. The van der Waals surface area contributed by atoms with Gasteiger partial charge in [-0.05, 0) is 64.9 Å². The molecule has 0 aliphatic heterocycles. The fourth-order valence-corrected chi connectivity index (χ4v) is 2.42. The molecule has 0 saturated heterocycles. The predicted molar refractivity (Wildman–Crippen MR) is 77.9 cm³/mol. The smallest absolute Gasteiger partial charge is 0.335 e. The maximum absolute atomic E-state index is 11.0. The SMILES string of the molecule is Cc1ccc(Cc2cc(I)cc(C(=O)O)c2)nc1. The summed E-state index contributed by atoms with van der Waals surface area (Å²) in [6.07, 6.45) is 2.47. The Kier molecular flexibility index (Phi) is 3.96. The molecular formula is C14H12INO2. The maximum atomic E-state index is 11.0. The lowest BCUT2D eigenvalue weighted by Gasteiger charge is -2.04. The van der Waals surface area contributed by atoms with Crippen molar-refractivity contribution in [2.24, 2.45) is 0 Å².